The first-order valence-corrected chi connectivity index (χ1v) is 9.18. The number of anilines is 2. The van der Waals surface area contributed by atoms with Crippen molar-refractivity contribution in [2.45, 2.75) is 45.4 Å². The first-order valence-electron chi connectivity index (χ1n) is 9.18. The molecule has 3 heteroatoms. The summed E-state index contributed by atoms with van der Waals surface area (Å²) < 4.78 is 0. The Hall–Kier alpha value is -2.29. The van der Waals surface area contributed by atoms with Gasteiger partial charge in [0.2, 0.25) is 5.91 Å². The minimum Gasteiger partial charge on any atom is -0.384 e. The van der Waals surface area contributed by atoms with Crippen molar-refractivity contribution in [3.63, 3.8) is 0 Å². The van der Waals surface area contributed by atoms with Gasteiger partial charge in [0.1, 0.15) is 0 Å². The van der Waals surface area contributed by atoms with E-state index in [1.54, 1.807) is 0 Å². The Morgan fingerprint density at radius 3 is 2.60 bits per heavy atom. The van der Waals surface area contributed by atoms with Crippen LogP contribution in [0.1, 0.15) is 44.7 Å². The van der Waals surface area contributed by atoms with Crippen LogP contribution in [-0.2, 0) is 16.6 Å². The van der Waals surface area contributed by atoms with Gasteiger partial charge in [-0.25, -0.2) is 0 Å². The van der Waals surface area contributed by atoms with E-state index in [9.17, 15) is 4.79 Å². The molecule has 0 saturated carbocycles. The third kappa shape index (κ3) is 4.04. The SMILES string of the molecule is CC(C)(C)c1ccccc1NCCC(=O)N1CCCc2ccccc21. The van der Waals surface area contributed by atoms with Crippen molar-refractivity contribution in [1.29, 1.82) is 0 Å². The van der Waals surface area contributed by atoms with Crippen LogP contribution >= 0.6 is 0 Å². The number of nitrogens with zero attached hydrogens (tertiary/aromatic N) is 1. The number of hydrogen-bond donors (Lipinski definition) is 1. The maximum Gasteiger partial charge on any atom is 0.228 e. The summed E-state index contributed by atoms with van der Waals surface area (Å²) in [5, 5.41) is 3.47. The Morgan fingerprint density at radius 2 is 1.80 bits per heavy atom. The normalized spacial score (nSPS) is 14.1. The molecule has 0 atom stereocenters. The lowest BCUT2D eigenvalue weighted by molar-refractivity contribution is -0.118. The third-order valence-corrected chi connectivity index (χ3v) is 4.80. The van der Waals surface area contributed by atoms with Crippen LogP contribution in [0.5, 0.6) is 0 Å². The fourth-order valence-electron chi connectivity index (χ4n) is 3.52. The maximum atomic E-state index is 12.7. The van der Waals surface area contributed by atoms with Gasteiger partial charge in [0.05, 0.1) is 0 Å². The second-order valence-electron chi connectivity index (χ2n) is 7.75. The van der Waals surface area contributed by atoms with E-state index in [4.69, 9.17) is 0 Å². The molecular weight excluding hydrogens is 308 g/mol. The number of benzene rings is 2. The number of carbonyl (C=O) groups excluding carboxylic acids is 1. The molecule has 1 N–H and O–H groups in total. The molecule has 0 unspecified atom stereocenters. The highest BCUT2D eigenvalue weighted by Crippen LogP contribution is 2.30. The summed E-state index contributed by atoms with van der Waals surface area (Å²) in [4.78, 5) is 14.7. The predicted octanol–water partition coefficient (Wildman–Crippen LogP) is 4.77. The summed E-state index contributed by atoms with van der Waals surface area (Å²) in [6, 6.07) is 16.6. The van der Waals surface area contributed by atoms with Gasteiger partial charge in [-0.2, -0.15) is 0 Å². The van der Waals surface area contributed by atoms with Crippen molar-refractivity contribution >= 4 is 17.3 Å². The Balaban J connectivity index is 1.63. The van der Waals surface area contributed by atoms with Gasteiger partial charge >= 0.3 is 0 Å². The molecule has 1 aliphatic rings. The lowest BCUT2D eigenvalue weighted by Crippen LogP contribution is -2.36. The molecule has 2 aromatic carbocycles. The fourth-order valence-corrected chi connectivity index (χ4v) is 3.52. The van der Waals surface area contributed by atoms with Crippen molar-refractivity contribution in [2.75, 3.05) is 23.3 Å². The largest absolute Gasteiger partial charge is 0.384 e. The molecule has 3 nitrogen and oxygen atoms in total. The number of hydrogen-bond acceptors (Lipinski definition) is 2. The van der Waals surface area contributed by atoms with Crippen LogP contribution in [0.25, 0.3) is 0 Å². The highest BCUT2D eigenvalue weighted by Gasteiger charge is 2.22. The first kappa shape index (κ1) is 17.5. The zero-order chi connectivity index (χ0) is 17.9. The molecule has 0 aliphatic carbocycles. The molecule has 0 radical (unpaired) electrons. The van der Waals surface area contributed by atoms with Crippen LogP contribution in [0.2, 0.25) is 0 Å². The Bertz CT molecular complexity index is 746. The van der Waals surface area contributed by atoms with Gasteiger partial charge in [0.25, 0.3) is 0 Å². The van der Waals surface area contributed by atoms with E-state index >= 15 is 0 Å². The molecule has 3 rings (SSSR count). The predicted molar refractivity (Wildman–Crippen MR) is 105 cm³/mol. The van der Waals surface area contributed by atoms with Crippen molar-refractivity contribution in [2.24, 2.45) is 0 Å². The highest BCUT2D eigenvalue weighted by molar-refractivity contribution is 5.94. The Kier molecular flexibility index (Phi) is 5.12. The van der Waals surface area contributed by atoms with E-state index in [1.165, 1.54) is 11.1 Å². The average molecular weight is 336 g/mol. The second-order valence-corrected chi connectivity index (χ2v) is 7.75. The van der Waals surface area contributed by atoms with Gasteiger partial charge in [-0.1, -0.05) is 57.2 Å². The van der Waals surface area contributed by atoms with Gasteiger partial charge in [-0.3, -0.25) is 4.79 Å². The minimum absolute atomic E-state index is 0.0828. The summed E-state index contributed by atoms with van der Waals surface area (Å²) in [6.45, 7) is 8.12. The van der Waals surface area contributed by atoms with E-state index < -0.39 is 0 Å². The van der Waals surface area contributed by atoms with Crippen molar-refractivity contribution in [1.82, 2.24) is 0 Å². The van der Waals surface area contributed by atoms with E-state index in [0.717, 1.165) is 30.8 Å². The number of amides is 1. The summed E-state index contributed by atoms with van der Waals surface area (Å²) >= 11 is 0. The Labute approximate surface area is 151 Å². The highest BCUT2D eigenvalue weighted by atomic mass is 16.2. The van der Waals surface area contributed by atoms with Crippen LogP contribution in [0.15, 0.2) is 48.5 Å². The molecule has 25 heavy (non-hydrogen) atoms. The molecule has 0 bridgehead atoms. The van der Waals surface area contributed by atoms with Crippen molar-refractivity contribution in [3.8, 4) is 0 Å². The number of carbonyl (C=O) groups is 1. The molecule has 1 aliphatic heterocycles. The van der Waals surface area contributed by atoms with E-state index in [1.807, 2.05) is 17.0 Å². The lowest BCUT2D eigenvalue weighted by atomic mass is 9.86. The van der Waals surface area contributed by atoms with Crippen molar-refractivity contribution < 1.29 is 4.79 Å². The zero-order valence-corrected chi connectivity index (χ0v) is 15.5. The van der Waals surface area contributed by atoms with Gasteiger partial charge in [0, 0.05) is 30.9 Å². The van der Waals surface area contributed by atoms with Crippen LogP contribution in [0.4, 0.5) is 11.4 Å². The molecule has 0 aromatic heterocycles. The summed E-state index contributed by atoms with van der Waals surface area (Å²) in [5.41, 5.74) is 4.87. The molecule has 0 fully saturated rings. The summed E-state index contributed by atoms with van der Waals surface area (Å²) in [5.74, 6) is 0.202. The third-order valence-electron chi connectivity index (χ3n) is 4.80. The van der Waals surface area contributed by atoms with E-state index in [0.29, 0.717) is 13.0 Å². The Morgan fingerprint density at radius 1 is 1.08 bits per heavy atom. The maximum absolute atomic E-state index is 12.7. The molecule has 1 amide bonds. The van der Waals surface area contributed by atoms with Gasteiger partial charge < -0.3 is 10.2 Å². The van der Waals surface area contributed by atoms with E-state index in [2.05, 4.69) is 62.5 Å². The molecule has 0 saturated heterocycles. The minimum atomic E-state index is 0.0828. The zero-order valence-electron chi connectivity index (χ0n) is 15.5. The smallest absolute Gasteiger partial charge is 0.228 e. The molecular formula is C22H28N2O. The second kappa shape index (κ2) is 7.30. The lowest BCUT2D eigenvalue weighted by Gasteiger charge is -2.29. The number of rotatable bonds is 4. The summed E-state index contributed by atoms with van der Waals surface area (Å²) in [7, 11) is 0. The van der Waals surface area contributed by atoms with E-state index in [-0.39, 0.29) is 11.3 Å². The quantitative estimate of drug-likeness (QED) is 0.872. The first-order chi connectivity index (χ1) is 12.0. The van der Waals surface area contributed by atoms with Gasteiger partial charge in [-0.05, 0) is 41.5 Å². The number of fused-ring (bicyclic) bond motifs is 1. The average Bonchev–Trinajstić information content (AvgIpc) is 2.60. The topological polar surface area (TPSA) is 32.3 Å². The van der Waals surface area contributed by atoms with Crippen LogP contribution < -0.4 is 10.2 Å². The molecule has 1 heterocycles. The molecule has 132 valence electrons. The monoisotopic (exact) mass is 336 g/mol. The van der Waals surface area contributed by atoms with Gasteiger partial charge in [-0.15, -0.1) is 0 Å². The number of nitrogens with one attached hydrogen (secondary N) is 1. The van der Waals surface area contributed by atoms with Crippen LogP contribution in [0.3, 0.4) is 0 Å². The standard InChI is InChI=1S/C22H28N2O/c1-22(2,3)18-11-5-6-12-19(18)23-15-14-21(25)24-16-8-10-17-9-4-7-13-20(17)24/h4-7,9,11-13,23H,8,10,14-16H2,1-3H3. The fraction of sp³-hybridized carbons (Fsp3) is 0.409. The summed E-state index contributed by atoms with van der Waals surface area (Å²) in [6.07, 6.45) is 2.62. The van der Waals surface area contributed by atoms with Crippen LogP contribution in [-0.4, -0.2) is 19.0 Å². The van der Waals surface area contributed by atoms with Gasteiger partial charge in [0.15, 0.2) is 0 Å². The molecule has 0 spiro atoms. The van der Waals surface area contributed by atoms with Crippen LogP contribution in [0, 0.1) is 0 Å². The van der Waals surface area contributed by atoms with Crippen molar-refractivity contribution in [3.05, 3.63) is 59.7 Å². The number of aryl methyl sites for hydroxylation is 1. The molecule has 2 aromatic rings. The number of para-hydroxylation sites is 2.